The fraction of sp³-hybridized carbons (Fsp3) is 0.250. The second-order valence-corrected chi connectivity index (χ2v) is 2.01. The summed E-state index contributed by atoms with van der Waals surface area (Å²) in [5.41, 5.74) is 2.12. The smallest absolute Gasteiger partial charge is 0.0799 e. The molecular weight excluding hydrogens is 124 g/mol. The number of allylic oxidation sites excluding steroid dienone is 2. The van der Waals surface area contributed by atoms with Crippen LogP contribution in [0, 0.1) is 0 Å². The summed E-state index contributed by atoms with van der Waals surface area (Å²) in [6.45, 7) is 4.35. The second kappa shape index (κ2) is 3.11. The van der Waals surface area contributed by atoms with Crippen molar-refractivity contribution >= 4 is 11.9 Å². The molecule has 1 aliphatic rings. The molecule has 10 heavy (non-hydrogen) atoms. The molecule has 0 unspecified atom stereocenters. The molecule has 2 nitrogen and oxygen atoms in total. The van der Waals surface area contributed by atoms with Crippen molar-refractivity contribution in [2.45, 2.75) is 0 Å². The molecule has 0 N–H and O–H groups in total. The second-order valence-electron chi connectivity index (χ2n) is 2.01. The van der Waals surface area contributed by atoms with Crippen molar-refractivity contribution in [2.75, 3.05) is 13.6 Å². The number of nitrogens with zero attached hydrogens (tertiary/aromatic N) is 2. The quantitative estimate of drug-likeness (QED) is 0.515. The molecule has 0 saturated heterocycles. The normalized spacial score (nSPS) is 24.5. The van der Waals surface area contributed by atoms with Crippen LogP contribution in [0.15, 0.2) is 34.3 Å². The van der Waals surface area contributed by atoms with E-state index in [9.17, 15) is 0 Å². The molecule has 0 aliphatic carbocycles. The van der Waals surface area contributed by atoms with Crippen LogP contribution in [-0.2, 0) is 0 Å². The standard InChI is InChI=1S/C8H10N2/c1-3-4-7-5-10-6-8(7)9-2/h3-4,6H,1,5H2,2H3/b7-4-,9-8?. The fourth-order valence-electron chi connectivity index (χ4n) is 0.876. The van der Waals surface area contributed by atoms with Crippen LogP contribution < -0.4 is 0 Å². The fourth-order valence-corrected chi connectivity index (χ4v) is 0.876. The summed E-state index contributed by atoms with van der Waals surface area (Å²) < 4.78 is 0. The highest BCUT2D eigenvalue weighted by Crippen LogP contribution is 2.04. The van der Waals surface area contributed by atoms with Gasteiger partial charge in [-0.25, -0.2) is 0 Å². The molecule has 0 amide bonds. The monoisotopic (exact) mass is 134 g/mol. The largest absolute Gasteiger partial charge is 0.287 e. The third kappa shape index (κ3) is 1.21. The van der Waals surface area contributed by atoms with Crippen molar-refractivity contribution in [2.24, 2.45) is 9.98 Å². The van der Waals surface area contributed by atoms with E-state index in [0.29, 0.717) is 0 Å². The zero-order valence-corrected chi connectivity index (χ0v) is 6.04. The van der Waals surface area contributed by atoms with Gasteiger partial charge in [0.05, 0.1) is 12.3 Å². The topological polar surface area (TPSA) is 24.7 Å². The number of aliphatic imine (C=N–C) groups is 2. The maximum Gasteiger partial charge on any atom is 0.0799 e. The Morgan fingerprint density at radius 2 is 2.60 bits per heavy atom. The Hall–Kier alpha value is -1.18. The Bertz CT molecular complexity index is 221. The van der Waals surface area contributed by atoms with Crippen LogP contribution in [0.25, 0.3) is 0 Å². The Balaban J connectivity index is 2.84. The molecule has 1 heterocycles. The molecule has 0 spiro atoms. The zero-order chi connectivity index (χ0) is 7.40. The van der Waals surface area contributed by atoms with Crippen molar-refractivity contribution in [3.05, 3.63) is 24.3 Å². The lowest BCUT2D eigenvalue weighted by molar-refractivity contribution is 1.25. The van der Waals surface area contributed by atoms with E-state index in [4.69, 9.17) is 0 Å². The minimum absolute atomic E-state index is 0.749. The van der Waals surface area contributed by atoms with Gasteiger partial charge >= 0.3 is 0 Å². The van der Waals surface area contributed by atoms with E-state index < -0.39 is 0 Å². The predicted molar refractivity (Wildman–Crippen MR) is 45.0 cm³/mol. The Kier molecular flexibility index (Phi) is 2.15. The molecular formula is C8H10N2. The maximum absolute atomic E-state index is 4.06. The van der Waals surface area contributed by atoms with Crippen LogP contribution in [0.5, 0.6) is 0 Å². The third-order valence-electron chi connectivity index (χ3n) is 1.36. The molecule has 0 aromatic rings. The third-order valence-corrected chi connectivity index (χ3v) is 1.36. The van der Waals surface area contributed by atoms with E-state index >= 15 is 0 Å². The molecule has 1 aliphatic heterocycles. The Morgan fingerprint density at radius 3 is 3.20 bits per heavy atom. The summed E-state index contributed by atoms with van der Waals surface area (Å²) in [5.74, 6) is 0. The van der Waals surface area contributed by atoms with Gasteiger partial charge in [0.2, 0.25) is 0 Å². The van der Waals surface area contributed by atoms with Gasteiger partial charge in [-0.05, 0) is 0 Å². The lowest BCUT2D eigenvalue weighted by Crippen LogP contribution is -1.98. The van der Waals surface area contributed by atoms with E-state index in [2.05, 4.69) is 16.6 Å². The minimum Gasteiger partial charge on any atom is -0.287 e. The highest BCUT2D eigenvalue weighted by atomic mass is 14.8. The van der Waals surface area contributed by atoms with Crippen molar-refractivity contribution in [3.63, 3.8) is 0 Å². The summed E-state index contributed by atoms with van der Waals surface area (Å²) in [6.07, 6.45) is 5.49. The van der Waals surface area contributed by atoms with Crippen molar-refractivity contribution in [1.82, 2.24) is 0 Å². The van der Waals surface area contributed by atoms with Gasteiger partial charge in [-0.3, -0.25) is 9.98 Å². The first-order chi connectivity index (χ1) is 4.88. The van der Waals surface area contributed by atoms with Gasteiger partial charge < -0.3 is 0 Å². The van der Waals surface area contributed by atoms with E-state index in [1.165, 1.54) is 0 Å². The van der Waals surface area contributed by atoms with E-state index in [1.54, 1.807) is 19.3 Å². The van der Waals surface area contributed by atoms with Crippen molar-refractivity contribution in [3.8, 4) is 0 Å². The Morgan fingerprint density at radius 1 is 1.80 bits per heavy atom. The average Bonchev–Trinajstić information content (AvgIpc) is 2.36. The van der Waals surface area contributed by atoms with Gasteiger partial charge in [0.1, 0.15) is 0 Å². The molecule has 0 bridgehead atoms. The van der Waals surface area contributed by atoms with Gasteiger partial charge in [-0.1, -0.05) is 18.7 Å². The average molecular weight is 134 g/mol. The molecule has 0 aromatic heterocycles. The number of hydrogen-bond acceptors (Lipinski definition) is 2. The summed E-state index contributed by atoms with van der Waals surface area (Å²) in [4.78, 5) is 8.10. The Labute approximate surface area is 60.7 Å². The van der Waals surface area contributed by atoms with Gasteiger partial charge in [-0.2, -0.15) is 0 Å². The molecule has 52 valence electrons. The van der Waals surface area contributed by atoms with Crippen molar-refractivity contribution in [1.29, 1.82) is 0 Å². The molecule has 0 radical (unpaired) electrons. The van der Waals surface area contributed by atoms with Gasteiger partial charge in [0.25, 0.3) is 0 Å². The summed E-state index contributed by atoms with van der Waals surface area (Å²) >= 11 is 0. The number of hydrogen-bond donors (Lipinski definition) is 0. The molecule has 2 heteroatoms. The van der Waals surface area contributed by atoms with Gasteiger partial charge in [0, 0.05) is 18.8 Å². The van der Waals surface area contributed by atoms with Crippen LogP contribution in [0.1, 0.15) is 0 Å². The SMILES string of the molecule is C=C/C=C1/CN=CC1=NC. The van der Waals surface area contributed by atoms with Gasteiger partial charge in [-0.15, -0.1) is 0 Å². The summed E-state index contributed by atoms with van der Waals surface area (Å²) in [6, 6.07) is 0. The van der Waals surface area contributed by atoms with Crippen LogP contribution in [-0.4, -0.2) is 25.5 Å². The van der Waals surface area contributed by atoms with E-state index in [1.807, 2.05) is 6.08 Å². The molecule has 0 aromatic carbocycles. The van der Waals surface area contributed by atoms with Crippen molar-refractivity contribution < 1.29 is 0 Å². The molecule has 0 atom stereocenters. The lowest BCUT2D eigenvalue weighted by atomic mass is 10.2. The van der Waals surface area contributed by atoms with Gasteiger partial charge in [0.15, 0.2) is 0 Å². The van der Waals surface area contributed by atoms with Crippen LogP contribution in [0.3, 0.4) is 0 Å². The summed E-state index contributed by atoms with van der Waals surface area (Å²) in [7, 11) is 1.77. The first-order valence-corrected chi connectivity index (χ1v) is 3.17. The first kappa shape index (κ1) is 6.93. The van der Waals surface area contributed by atoms with Crippen LogP contribution in [0.4, 0.5) is 0 Å². The molecule has 0 fully saturated rings. The number of rotatable bonds is 1. The summed E-state index contributed by atoms with van der Waals surface area (Å²) in [5, 5.41) is 0. The van der Waals surface area contributed by atoms with Crippen LogP contribution in [0.2, 0.25) is 0 Å². The highest BCUT2D eigenvalue weighted by molar-refractivity contribution is 6.40. The predicted octanol–water partition coefficient (Wildman–Crippen LogP) is 1.25. The lowest BCUT2D eigenvalue weighted by Gasteiger charge is -1.91. The van der Waals surface area contributed by atoms with Crippen LogP contribution >= 0.6 is 0 Å². The molecule has 1 rings (SSSR count). The first-order valence-electron chi connectivity index (χ1n) is 3.17. The highest BCUT2D eigenvalue weighted by Gasteiger charge is 2.06. The minimum atomic E-state index is 0.749. The van der Waals surface area contributed by atoms with E-state index in [0.717, 1.165) is 17.8 Å². The van der Waals surface area contributed by atoms with E-state index in [-0.39, 0.29) is 0 Å². The zero-order valence-electron chi connectivity index (χ0n) is 6.04. The maximum atomic E-state index is 4.06. The molecule has 0 saturated carbocycles.